The Morgan fingerprint density at radius 1 is 1.32 bits per heavy atom. The number of benzene rings is 1. The largest absolute Gasteiger partial charge is 0.481 e. The smallest absolute Gasteiger partial charge is 0.308 e. The number of nitrogens with zero attached hydrogens (tertiary/aromatic N) is 2. The predicted octanol–water partition coefficient (Wildman–Crippen LogP) is 4.36. The van der Waals surface area contributed by atoms with Gasteiger partial charge in [-0.3, -0.25) is 9.59 Å². The van der Waals surface area contributed by atoms with Crippen molar-refractivity contribution in [3.63, 3.8) is 0 Å². The number of thiazole rings is 1. The Bertz CT molecular complexity index is 817. The van der Waals surface area contributed by atoms with Crippen molar-refractivity contribution >= 4 is 46.4 Å². The lowest BCUT2D eigenvalue weighted by atomic mass is 9.98. The molecular weight excluding hydrogens is 383 g/mol. The SMILES string of the molecule is Cc1nc(-c2c(Cl)cccc2Cl)sc1C(=O)N1CCC[C@@H](C(=O)O)C1. The number of carbonyl (C=O) groups is 2. The number of likely N-dealkylation sites (tertiary alicyclic amines) is 1. The molecule has 0 radical (unpaired) electrons. The third-order valence-electron chi connectivity index (χ3n) is 4.23. The number of piperidine rings is 1. The highest BCUT2D eigenvalue weighted by Gasteiger charge is 2.30. The number of aliphatic carboxylic acids is 1. The van der Waals surface area contributed by atoms with Gasteiger partial charge in [-0.2, -0.15) is 0 Å². The summed E-state index contributed by atoms with van der Waals surface area (Å²) < 4.78 is 0. The second-order valence-electron chi connectivity index (χ2n) is 5.96. The minimum atomic E-state index is -0.859. The monoisotopic (exact) mass is 398 g/mol. The zero-order chi connectivity index (χ0) is 18.1. The topological polar surface area (TPSA) is 70.5 Å². The van der Waals surface area contributed by atoms with Crippen molar-refractivity contribution in [1.82, 2.24) is 9.88 Å². The van der Waals surface area contributed by atoms with Gasteiger partial charge >= 0.3 is 5.97 Å². The molecule has 1 aromatic carbocycles. The molecule has 5 nitrogen and oxygen atoms in total. The molecule has 1 aliphatic rings. The highest BCUT2D eigenvalue weighted by molar-refractivity contribution is 7.17. The average Bonchev–Trinajstić information content (AvgIpc) is 2.95. The highest BCUT2D eigenvalue weighted by Crippen LogP contribution is 2.38. The van der Waals surface area contributed by atoms with Gasteiger partial charge in [0, 0.05) is 18.7 Å². The summed E-state index contributed by atoms with van der Waals surface area (Å²) in [4.78, 5) is 30.6. The molecule has 132 valence electrons. The highest BCUT2D eigenvalue weighted by atomic mass is 35.5. The molecule has 1 saturated heterocycles. The first-order valence-corrected chi connectivity index (χ1v) is 9.39. The van der Waals surface area contributed by atoms with E-state index in [2.05, 4.69) is 4.98 Å². The standard InChI is InChI=1S/C17H16Cl2N2O3S/c1-9-14(16(22)21-7-3-4-10(8-21)17(23)24)25-15(20-9)13-11(18)5-2-6-12(13)19/h2,5-6,10H,3-4,7-8H2,1H3,(H,23,24)/t10-/m1/s1. The van der Waals surface area contributed by atoms with Crippen LogP contribution in [0.15, 0.2) is 18.2 Å². The van der Waals surface area contributed by atoms with Crippen LogP contribution in [0.5, 0.6) is 0 Å². The Kier molecular flexibility index (Phi) is 5.32. The zero-order valence-electron chi connectivity index (χ0n) is 13.5. The van der Waals surface area contributed by atoms with E-state index in [9.17, 15) is 14.7 Å². The van der Waals surface area contributed by atoms with E-state index >= 15 is 0 Å². The molecule has 1 N–H and O–H groups in total. The van der Waals surface area contributed by atoms with Crippen LogP contribution in [0.4, 0.5) is 0 Å². The Hall–Kier alpha value is -1.63. The van der Waals surface area contributed by atoms with Crippen LogP contribution < -0.4 is 0 Å². The molecular formula is C17H16Cl2N2O3S. The molecule has 1 aliphatic heterocycles. The van der Waals surface area contributed by atoms with E-state index in [1.807, 2.05) is 0 Å². The van der Waals surface area contributed by atoms with Crippen molar-refractivity contribution in [1.29, 1.82) is 0 Å². The van der Waals surface area contributed by atoms with Gasteiger partial charge in [-0.25, -0.2) is 4.98 Å². The summed E-state index contributed by atoms with van der Waals surface area (Å²) in [7, 11) is 0. The summed E-state index contributed by atoms with van der Waals surface area (Å²) >= 11 is 13.7. The number of halogens is 2. The molecule has 2 heterocycles. The lowest BCUT2D eigenvalue weighted by Gasteiger charge is -2.30. The van der Waals surface area contributed by atoms with E-state index < -0.39 is 11.9 Å². The summed E-state index contributed by atoms with van der Waals surface area (Å²) in [6.07, 6.45) is 1.28. The zero-order valence-corrected chi connectivity index (χ0v) is 15.8. The summed E-state index contributed by atoms with van der Waals surface area (Å²) in [6.45, 7) is 2.55. The van der Waals surface area contributed by atoms with Crippen molar-refractivity contribution in [3.8, 4) is 10.6 Å². The Morgan fingerprint density at radius 2 is 2.00 bits per heavy atom. The first kappa shape index (κ1) is 18.2. The maximum absolute atomic E-state index is 12.8. The van der Waals surface area contributed by atoms with E-state index in [4.69, 9.17) is 23.2 Å². The number of carbonyl (C=O) groups excluding carboxylic acids is 1. The van der Waals surface area contributed by atoms with E-state index in [1.165, 1.54) is 11.3 Å². The fourth-order valence-electron chi connectivity index (χ4n) is 2.91. The second kappa shape index (κ2) is 7.32. The molecule has 2 aromatic rings. The van der Waals surface area contributed by atoms with Crippen LogP contribution >= 0.6 is 34.5 Å². The van der Waals surface area contributed by atoms with Crippen LogP contribution in [0.3, 0.4) is 0 Å². The number of amides is 1. The summed E-state index contributed by atoms with van der Waals surface area (Å²) in [5, 5.41) is 10.7. The number of aromatic nitrogens is 1. The molecule has 25 heavy (non-hydrogen) atoms. The number of hydrogen-bond acceptors (Lipinski definition) is 4. The van der Waals surface area contributed by atoms with Crippen LogP contribution in [0.1, 0.15) is 28.2 Å². The van der Waals surface area contributed by atoms with Crippen molar-refractivity contribution in [3.05, 3.63) is 38.8 Å². The molecule has 1 aromatic heterocycles. The first-order chi connectivity index (χ1) is 11.9. The summed E-state index contributed by atoms with van der Waals surface area (Å²) in [5.41, 5.74) is 1.21. The van der Waals surface area contributed by atoms with Gasteiger partial charge in [0.25, 0.3) is 5.91 Å². The minimum Gasteiger partial charge on any atom is -0.481 e. The third kappa shape index (κ3) is 3.66. The van der Waals surface area contributed by atoms with E-state index in [1.54, 1.807) is 30.0 Å². The van der Waals surface area contributed by atoms with Crippen LogP contribution in [0.2, 0.25) is 10.0 Å². The predicted molar refractivity (Wildman–Crippen MR) is 98.6 cm³/mol. The minimum absolute atomic E-state index is 0.185. The molecule has 0 bridgehead atoms. The lowest BCUT2D eigenvalue weighted by molar-refractivity contribution is -0.143. The number of aryl methyl sites for hydroxylation is 1. The van der Waals surface area contributed by atoms with Gasteiger partial charge in [0.05, 0.1) is 21.7 Å². The third-order valence-corrected chi connectivity index (χ3v) is 6.02. The first-order valence-electron chi connectivity index (χ1n) is 7.82. The Balaban J connectivity index is 1.90. The lowest BCUT2D eigenvalue weighted by Crippen LogP contribution is -2.42. The Morgan fingerprint density at radius 3 is 2.64 bits per heavy atom. The van der Waals surface area contributed by atoms with E-state index in [-0.39, 0.29) is 12.5 Å². The second-order valence-corrected chi connectivity index (χ2v) is 7.77. The van der Waals surface area contributed by atoms with Gasteiger partial charge < -0.3 is 10.0 Å². The van der Waals surface area contributed by atoms with Gasteiger partial charge in [0.1, 0.15) is 9.88 Å². The summed E-state index contributed by atoms with van der Waals surface area (Å²) in [5.74, 6) is -1.55. The van der Waals surface area contributed by atoms with Gasteiger partial charge in [-0.1, -0.05) is 29.3 Å². The van der Waals surface area contributed by atoms with Crippen LogP contribution in [-0.2, 0) is 4.79 Å². The van der Waals surface area contributed by atoms with Crippen LogP contribution in [0, 0.1) is 12.8 Å². The maximum Gasteiger partial charge on any atom is 0.308 e. The van der Waals surface area contributed by atoms with Gasteiger partial charge in [-0.05, 0) is 31.9 Å². The van der Waals surface area contributed by atoms with Crippen molar-refractivity contribution < 1.29 is 14.7 Å². The molecule has 8 heteroatoms. The number of hydrogen-bond donors (Lipinski definition) is 1. The Labute approximate surface area is 159 Å². The molecule has 1 amide bonds. The molecule has 3 rings (SSSR count). The van der Waals surface area contributed by atoms with Gasteiger partial charge in [0.15, 0.2) is 0 Å². The molecule has 1 atom stereocenters. The quantitative estimate of drug-likeness (QED) is 0.833. The summed E-state index contributed by atoms with van der Waals surface area (Å²) in [6, 6.07) is 5.20. The average molecular weight is 399 g/mol. The molecule has 0 unspecified atom stereocenters. The fraction of sp³-hybridized carbons (Fsp3) is 0.353. The molecule has 1 fully saturated rings. The molecule has 0 saturated carbocycles. The maximum atomic E-state index is 12.8. The fourth-order valence-corrected chi connectivity index (χ4v) is 4.71. The number of rotatable bonds is 3. The number of carboxylic acids is 1. The van der Waals surface area contributed by atoms with Gasteiger partial charge in [-0.15, -0.1) is 11.3 Å². The van der Waals surface area contributed by atoms with Gasteiger partial charge in [0.2, 0.25) is 0 Å². The molecule has 0 spiro atoms. The number of carboxylic acid groups (broad SMARTS) is 1. The van der Waals surface area contributed by atoms with Crippen LogP contribution in [0.25, 0.3) is 10.6 Å². The van der Waals surface area contributed by atoms with Crippen LogP contribution in [-0.4, -0.2) is 40.0 Å². The van der Waals surface area contributed by atoms with Crippen molar-refractivity contribution in [2.45, 2.75) is 19.8 Å². The normalized spacial score (nSPS) is 17.6. The van der Waals surface area contributed by atoms with Crippen molar-refractivity contribution in [2.24, 2.45) is 5.92 Å². The molecule has 0 aliphatic carbocycles. The van der Waals surface area contributed by atoms with E-state index in [0.29, 0.717) is 50.6 Å². The van der Waals surface area contributed by atoms with Crippen molar-refractivity contribution in [2.75, 3.05) is 13.1 Å². The van der Waals surface area contributed by atoms with E-state index in [0.717, 1.165) is 0 Å².